The summed E-state index contributed by atoms with van der Waals surface area (Å²) in [6, 6.07) is 10.3. The predicted octanol–water partition coefficient (Wildman–Crippen LogP) is 5.56. The van der Waals surface area contributed by atoms with Crippen molar-refractivity contribution in [3.63, 3.8) is 0 Å². The number of carbonyl (C=O) groups is 2. The molecule has 1 aromatic rings. The molecule has 3 heterocycles. The number of benzene rings is 1. The summed E-state index contributed by atoms with van der Waals surface area (Å²) in [7, 11) is 0. The van der Waals surface area contributed by atoms with Crippen molar-refractivity contribution in [2.75, 3.05) is 31.1 Å². The first-order chi connectivity index (χ1) is 16.7. The normalized spacial score (nSPS) is 29.4. The second kappa shape index (κ2) is 9.42. The zero-order chi connectivity index (χ0) is 24.8. The Morgan fingerprint density at radius 2 is 1.66 bits per heavy atom. The van der Waals surface area contributed by atoms with Crippen molar-refractivity contribution in [3.8, 4) is 0 Å². The highest BCUT2D eigenvalue weighted by molar-refractivity contribution is 6.00. The van der Waals surface area contributed by atoms with E-state index >= 15 is 0 Å². The Kier molecular flexibility index (Phi) is 6.62. The maximum Gasteiger partial charge on any atom is 0.410 e. The van der Waals surface area contributed by atoms with Crippen LogP contribution in [-0.2, 0) is 9.53 Å². The SMILES string of the molecule is CC1CCCN1C1CC[C@H](c2ccc(N3CCC4(CCN(C(=O)OC(C)(C)C)CC4)C3=O)cc2)C1. The van der Waals surface area contributed by atoms with Crippen LogP contribution in [-0.4, -0.2) is 65.7 Å². The smallest absolute Gasteiger partial charge is 0.410 e. The van der Waals surface area contributed by atoms with Crippen molar-refractivity contribution in [1.29, 1.82) is 0 Å². The number of amides is 2. The van der Waals surface area contributed by atoms with E-state index in [1.165, 1.54) is 44.2 Å². The Labute approximate surface area is 211 Å². The van der Waals surface area contributed by atoms with Crippen molar-refractivity contribution < 1.29 is 14.3 Å². The molecule has 4 fully saturated rings. The Morgan fingerprint density at radius 1 is 0.971 bits per heavy atom. The van der Waals surface area contributed by atoms with Crippen molar-refractivity contribution in [1.82, 2.24) is 9.80 Å². The van der Waals surface area contributed by atoms with Crippen molar-refractivity contribution in [3.05, 3.63) is 29.8 Å². The van der Waals surface area contributed by atoms with E-state index in [2.05, 4.69) is 36.1 Å². The lowest BCUT2D eigenvalue weighted by Crippen LogP contribution is -2.48. The van der Waals surface area contributed by atoms with Gasteiger partial charge in [-0.25, -0.2) is 4.79 Å². The second-order valence-electron chi connectivity index (χ2n) is 12.4. The first-order valence-corrected chi connectivity index (χ1v) is 13.8. The molecule has 2 amide bonds. The quantitative estimate of drug-likeness (QED) is 0.567. The third-order valence-electron chi connectivity index (χ3n) is 9.04. The predicted molar refractivity (Wildman–Crippen MR) is 139 cm³/mol. The number of piperidine rings is 1. The van der Waals surface area contributed by atoms with Crippen LogP contribution >= 0.6 is 0 Å². The zero-order valence-corrected chi connectivity index (χ0v) is 22.1. The molecule has 192 valence electrons. The summed E-state index contributed by atoms with van der Waals surface area (Å²) in [5.41, 5.74) is 1.62. The van der Waals surface area contributed by atoms with Crippen LogP contribution in [0.4, 0.5) is 10.5 Å². The van der Waals surface area contributed by atoms with Crippen LogP contribution in [0.2, 0.25) is 0 Å². The Hall–Kier alpha value is -2.08. The van der Waals surface area contributed by atoms with Crippen molar-refractivity contribution in [2.24, 2.45) is 5.41 Å². The van der Waals surface area contributed by atoms with E-state index < -0.39 is 5.60 Å². The molecule has 6 nitrogen and oxygen atoms in total. The van der Waals surface area contributed by atoms with Crippen molar-refractivity contribution in [2.45, 2.75) is 103 Å². The number of hydrogen-bond donors (Lipinski definition) is 0. The molecule has 4 aliphatic rings. The van der Waals surface area contributed by atoms with Crippen LogP contribution < -0.4 is 4.90 Å². The fraction of sp³-hybridized carbons (Fsp3) is 0.724. The molecule has 35 heavy (non-hydrogen) atoms. The molecule has 0 bridgehead atoms. The van der Waals surface area contributed by atoms with Gasteiger partial charge >= 0.3 is 6.09 Å². The largest absolute Gasteiger partial charge is 0.444 e. The van der Waals surface area contributed by atoms with Gasteiger partial charge in [-0.3, -0.25) is 9.69 Å². The highest BCUT2D eigenvalue weighted by atomic mass is 16.6. The summed E-state index contributed by atoms with van der Waals surface area (Å²) < 4.78 is 5.53. The van der Waals surface area contributed by atoms with Gasteiger partial charge in [0.05, 0.1) is 5.41 Å². The highest BCUT2D eigenvalue weighted by Gasteiger charge is 2.49. The molecule has 1 spiro atoms. The first-order valence-electron chi connectivity index (χ1n) is 13.8. The van der Waals surface area contributed by atoms with Crippen LogP contribution in [0.15, 0.2) is 24.3 Å². The van der Waals surface area contributed by atoms with E-state index in [4.69, 9.17) is 4.74 Å². The number of ether oxygens (including phenoxy) is 1. The Balaban J connectivity index is 1.18. The maximum absolute atomic E-state index is 13.5. The highest BCUT2D eigenvalue weighted by Crippen LogP contribution is 2.44. The summed E-state index contributed by atoms with van der Waals surface area (Å²) in [6.07, 6.45) is 8.59. The number of nitrogens with zero attached hydrogens (tertiary/aromatic N) is 3. The minimum Gasteiger partial charge on any atom is -0.444 e. The molecule has 0 aromatic heterocycles. The van der Waals surface area contributed by atoms with Crippen LogP contribution in [0.1, 0.15) is 90.5 Å². The summed E-state index contributed by atoms with van der Waals surface area (Å²) in [6.45, 7) is 11.3. The second-order valence-corrected chi connectivity index (χ2v) is 12.4. The van der Waals surface area contributed by atoms with Crippen LogP contribution in [0.5, 0.6) is 0 Å². The monoisotopic (exact) mass is 481 g/mol. The fourth-order valence-electron chi connectivity index (χ4n) is 6.96. The summed E-state index contributed by atoms with van der Waals surface area (Å²) in [5, 5.41) is 0. The van der Waals surface area contributed by atoms with Gasteiger partial charge in [0.2, 0.25) is 5.91 Å². The van der Waals surface area contributed by atoms with E-state index in [0.29, 0.717) is 19.0 Å². The molecule has 3 atom stereocenters. The topological polar surface area (TPSA) is 53.1 Å². The lowest BCUT2D eigenvalue weighted by atomic mass is 9.77. The van der Waals surface area contributed by atoms with Crippen molar-refractivity contribution >= 4 is 17.7 Å². The number of likely N-dealkylation sites (tertiary alicyclic amines) is 2. The number of hydrogen-bond acceptors (Lipinski definition) is 4. The summed E-state index contributed by atoms with van der Waals surface area (Å²) in [5.74, 6) is 0.873. The van der Waals surface area contributed by atoms with Gasteiger partial charge in [-0.1, -0.05) is 12.1 Å². The lowest BCUT2D eigenvalue weighted by Gasteiger charge is -2.38. The van der Waals surface area contributed by atoms with Gasteiger partial charge in [0, 0.05) is 37.4 Å². The van der Waals surface area contributed by atoms with Gasteiger partial charge in [-0.15, -0.1) is 0 Å². The number of anilines is 1. The van der Waals surface area contributed by atoms with E-state index in [0.717, 1.165) is 43.6 Å². The molecular weight excluding hydrogens is 438 g/mol. The zero-order valence-electron chi connectivity index (χ0n) is 22.1. The average Bonchev–Trinajstić information content (AvgIpc) is 3.54. The molecule has 1 aliphatic carbocycles. The van der Waals surface area contributed by atoms with Crippen LogP contribution in [0, 0.1) is 5.41 Å². The Morgan fingerprint density at radius 3 is 2.29 bits per heavy atom. The van der Waals surface area contributed by atoms with Gasteiger partial charge in [0.25, 0.3) is 0 Å². The molecular formula is C29H43N3O3. The van der Waals surface area contributed by atoms with Gasteiger partial charge in [-0.05, 0) is 109 Å². The molecule has 5 rings (SSSR count). The molecule has 3 saturated heterocycles. The van der Waals surface area contributed by atoms with Gasteiger partial charge < -0.3 is 14.5 Å². The van der Waals surface area contributed by atoms with E-state index in [9.17, 15) is 9.59 Å². The van der Waals surface area contributed by atoms with Gasteiger partial charge in [0.1, 0.15) is 5.60 Å². The molecule has 0 radical (unpaired) electrons. The summed E-state index contributed by atoms with van der Waals surface area (Å²) in [4.78, 5) is 32.5. The first kappa shape index (κ1) is 24.6. The molecule has 1 saturated carbocycles. The fourth-order valence-corrected chi connectivity index (χ4v) is 6.96. The molecule has 2 unspecified atom stereocenters. The molecule has 6 heteroatoms. The molecule has 0 N–H and O–H groups in total. The lowest BCUT2D eigenvalue weighted by molar-refractivity contribution is -0.128. The third-order valence-corrected chi connectivity index (χ3v) is 9.04. The van der Waals surface area contributed by atoms with E-state index in [1.54, 1.807) is 4.90 Å². The van der Waals surface area contributed by atoms with Crippen LogP contribution in [0.3, 0.4) is 0 Å². The van der Waals surface area contributed by atoms with E-state index in [1.807, 2.05) is 25.7 Å². The average molecular weight is 482 g/mol. The van der Waals surface area contributed by atoms with E-state index in [-0.39, 0.29) is 17.4 Å². The number of rotatable bonds is 3. The van der Waals surface area contributed by atoms with Crippen LogP contribution in [0.25, 0.3) is 0 Å². The molecule has 3 aliphatic heterocycles. The van der Waals surface area contributed by atoms with Gasteiger partial charge in [-0.2, -0.15) is 0 Å². The van der Waals surface area contributed by atoms with Gasteiger partial charge in [0.15, 0.2) is 0 Å². The minimum atomic E-state index is -0.496. The Bertz CT molecular complexity index is 929. The number of carbonyl (C=O) groups excluding carboxylic acids is 2. The standard InChI is InChI=1S/C29H43N3O3/c1-21-6-5-16-31(21)25-12-9-23(20-25)22-7-10-24(11-8-22)32-19-15-29(26(32)33)13-17-30(18-14-29)27(34)35-28(2,3)4/h7-8,10-11,21,23,25H,5-6,9,12-20H2,1-4H3/t21?,23-,25?/m0/s1. The minimum absolute atomic E-state index is 0.234. The summed E-state index contributed by atoms with van der Waals surface area (Å²) >= 11 is 0. The molecule has 1 aromatic carbocycles. The third kappa shape index (κ3) is 4.96. The maximum atomic E-state index is 13.5.